The first kappa shape index (κ1) is 16.3. The molecule has 0 saturated carbocycles. The molecule has 0 unspecified atom stereocenters. The van der Waals surface area contributed by atoms with Crippen LogP contribution in [0.25, 0.3) is 16.9 Å². The van der Waals surface area contributed by atoms with Crippen molar-refractivity contribution < 1.29 is 4.92 Å². The Morgan fingerprint density at radius 1 is 1.15 bits per heavy atom. The van der Waals surface area contributed by atoms with E-state index in [-0.39, 0.29) is 17.3 Å². The fourth-order valence-corrected chi connectivity index (χ4v) is 2.87. The molecule has 1 fully saturated rings. The van der Waals surface area contributed by atoms with E-state index in [1.165, 1.54) is 11.0 Å². The minimum Gasteiger partial charge on any atom is -0.304 e. The summed E-state index contributed by atoms with van der Waals surface area (Å²) in [5.74, 6) is 0.222. The van der Waals surface area contributed by atoms with Gasteiger partial charge in [0.25, 0.3) is 0 Å². The molecule has 11 heteroatoms. The molecule has 1 aromatic carbocycles. The second-order valence-corrected chi connectivity index (χ2v) is 6.04. The van der Waals surface area contributed by atoms with Crippen molar-refractivity contribution in [3.63, 3.8) is 0 Å². The van der Waals surface area contributed by atoms with Crippen LogP contribution in [0.4, 0.5) is 11.5 Å². The van der Waals surface area contributed by atoms with Gasteiger partial charge in [0.05, 0.1) is 10.4 Å². The number of rotatable bonds is 4. The lowest BCUT2D eigenvalue weighted by atomic mass is 10.3. The molecule has 1 saturated heterocycles. The SMILES string of the molecule is CN1CCN(Nc2ncnc(-n3nnc4ccccc43)c2[N+](=O)[O-])CC1. The lowest BCUT2D eigenvalue weighted by molar-refractivity contribution is -0.384. The minimum absolute atomic E-state index is 0.0790. The van der Waals surface area contributed by atoms with Crippen molar-refractivity contribution in [3.05, 3.63) is 40.7 Å². The second kappa shape index (κ2) is 6.61. The van der Waals surface area contributed by atoms with E-state index in [0.717, 1.165) is 26.2 Å². The van der Waals surface area contributed by atoms with Gasteiger partial charge in [-0.3, -0.25) is 15.5 Å². The number of para-hydroxylation sites is 1. The number of aromatic nitrogens is 5. The Balaban J connectivity index is 1.75. The molecule has 0 spiro atoms. The molecular weight excluding hydrogens is 338 g/mol. The normalized spacial score (nSPS) is 16.0. The van der Waals surface area contributed by atoms with Crippen LogP contribution < -0.4 is 5.43 Å². The summed E-state index contributed by atoms with van der Waals surface area (Å²) in [4.78, 5) is 21.6. The lowest BCUT2D eigenvalue weighted by Crippen LogP contribution is -2.47. The highest BCUT2D eigenvalue weighted by Gasteiger charge is 2.28. The number of hydrogen-bond donors (Lipinski definition) is 1. The third-order valence-corrected chi connectivity index (χ3v) is 4.31. The first-order valence-corrected chi connectivity index (χ1v) is 8.14. The third-order valence-electron chi connectivity index (χ3n) is 4.31. The quantitative estimate of drug-likeness (QED) is 0.532. The summed E-state index contributed by atoms with van der Waals surface area (Å²) in [5.41, 5.74) is 4.09. The Morgan fingerprint density at radius 2 is 1.92 bits per heavy atom. The van der Waals surface area contributed by atoms with Crippen LogP contribution in [0.5, 0.6) is 0 Å². The molecule has 1 aliphatic heterocycles. The molecular formula is C15H17N9O2. The molecule has 134 valence electrons. The number of nitro groups is 1. The standard InChI is InChI=1S/C15H17N9O2/c1-21-6-8-22(9-7-21)19-14-13(24(25)26)15(17-10-16-14)23-12-5-3-2-4-11(12)18-20-23/h2-5,10H,6-9H2,1H3,(H,16,17,19). The molecule has 1 aliphatic rings. The van der Waals surface area contributed by atoms with Crippen LogP contribution in [0.3, 0.4) is 0 Å². The van der Waals surface area contributed by atoms with Crippen molar-refractivity contribution in [2.75, 3.05) is 38.7 Å². The van der Waals surface area contributed by atoms with Gasteiger partial charge in [-0.2, -0.15) is 4.68 Å². The second-order valence-electron chi connectivity index (χ2n) is 6.04. The van der Waals surface area contributed by atoms with Crippen molar-refractivity contribution >= 4 is 22.5 Å². The highest BCUT2D eigenvalue weighted by molar-refractivity contribution is 5.77. The number of nitrogens with one attached hydrogen (secondary N) is 1. The van der Waals surface area contributed by atoms with Gasteiger partial charge >= 0.3 is 5.69 Å². The maximum Gasteiger partial charge on any atom is 0.357 e. The molecule has 11 nitrogen and oxygen atoms in total. The predicted molar refractivity (Wildman–Crippen MR) is 93.8 cm³/mol. The Bertz CT molecular complexity index is 949. The Labute approximate surface area is 148 Å². The largest absolute Gasteiger partial charge is 0.357 e. The summed E-state index contributed by atoms with van der Waals surface area (Å²) in [6, 6.07) is 7.22. The van der Waals surface area contributed by atoms with E-state index in [0.29, 0.717) is 11.0 Å². The predicted octanol–water partition coefficient (Wildman–Crippen LogP) is 0.693. The summed E-state index contributed by atoms with van der Waals surface area (Å²) < 4.78 is 1.37. The zero-order chi connectivity index (χ0) is 18.1. The van der Waals surface area contributed by atoms with E-state index in [1.54, 1.807) is 12.1 Å². The number of hydrogen-bond acceptors (Lipinski definition) is 9. The fourth-order valence-electron chi connectivity index (χ4n) is 2.87. The topological polar surface area (TPSA) is 118 Å². The van der Waals surface area contributed by atoms with Crippen molar-refractivity contribution in [3.8, 4) is 5.82 Å². The average Bonchev–Trinajstić information content (AvgIpc) is 3.07. The first-order valence-electron chi connectivity index (χ1n) is 8.14. The molecule has 3 heterocycles. The van der Waals surface area contributed by atoms with E-state index in [4.69, 9.17) is 0 Å². The zero-order valence-electron chi connectivity index (χ0n) is 14.1. The average molecular weight is 355 g/mol. The summed E-state index contributed by atoms with van der Waals surface area (Å²) in [6.07, 6.45) is 1.29. The number of likely N-dealkylation sites (N-methyl/N-ethyl adjacent to an activating group) is 1. The van der Waals surface area contributed by atoms with Gasteiger partial charge in [0, 0.05) is 26.2 Å². The lowest BCUT2D eigenvalue weighted by Gasteiger charge is -2.32. The molecule has 4 rings (SSSR count). The Morgan fingerprint density at radius 3 is 2.69 bits per heavy atom. The highest BCUT2D eigenvalue weighted by atomic mass is 16.6. The maximum absolute atomic E-state index is 11.8. The Hall–Kier alpha value is -3.18. The molecule has 3 aromatic rings. The summed E-state index contributed by atoms with van der Waals surface area (Å²) in [5, 5.41) is 21.8. The van der Waals surface area contributed by atoms with Gasteiger partial charge < -0.3 is 4.90 Å². The van der Waals surface area contributed by atoms with Crippen molar-refractivity contribution in [1.82, 2.24) is 34.9 Å². The van der Waals surface area contributed by atoms with Gasteiger partial charge in [-0.15, -0.1) is 5.10 Å². The molecule has 2 aromatic heterocycles. The molecule has 26 heavy (non-hydrogen) atoms. The molecule has 0 bridgehead atoms. The first-order chi connectivity index (χ1) is 12.6. The van der Waals surface area contributed by atoms with E-state index in [1.807, 2.05) is 24.2 Å². The van der Waals surface area contributed by atoms with Crippen LogP contribution in [-0.4, -0.2) is 73.0 Å². The van der Waals surface area contributed by atoms with E-state index in [2.05, 4.69) is 30.6 Å². The van der Waals surface area contributed by atoms with Crippen LogP contribution in [0.15, 0.2) is 30.6 Å². The van der Waals surface area contributed by atoms with E-state index in [9.17, 15) is 10.1 Å². The number of anilines is 1. The van der Waals surface area contributed by atoms with Gasteiger partial charge in [-0.25, -0.2) is 15.0 Å². The molecule has 0 amide bonds. The number of nitrogens with zero attached hydrogens (tertiary/aromatic N) is 8. The Kier molecular flexibility index (Phi) is 4.14. The number of piperazine rings is 1. The van der Waals surface area contributed by atoms with Gasteiger partial charge in [0.2, 0.25) is 11.6 Å². The minimum atomic E-state index is -0.496. The zero-order valence-corrected chi connectivity index (χ0v) is 14.1. The van der Waals surface area contributed by atoms with Crippen molar-refractivity contribution in [2.24, 2.45) is 0 Å². The summed E-state index contributed by atoms with van der Waals surface area (Å²) >= 11 is 0. The van der Waals surface area contributed by atoms with Gasteiger partial charge in [0.15, 0.2) is 0 Å². The van der Waals surface area contributed by atoms with Crippen LogP contribution in [0, 0.1) is 10.1 Å². The van der Waals surface area contributed by atoms with Crippen molar-refractivity contribution in [1.29, 1.82) is 0 Å². The van der Waals surface area contributed by atoms with E-state index < -0.39 is 4.92 Å². The van der Waals surface area contributed by atoms with Gasteiger partial charge in [0.1, 0.15) is 11.8 Å². The smallest absolute Gasteiger partial charge is 0.304 e. The molecule has 0 radical (unpaired) electrons. The third kappa shape index (κ3) is 2.93. The summed E-state index contributed by atoms with van der Waals surface area (Å²) in [7, 11) is 2.04. The molecule has 0 atom stereocenters. The summed E-state index contributed by atoms with van der Waals surface area (Å²) in [6.45, 7) is 3.21. The molecule has 0 aliphatic carbocycles. The molecule has 1 N–H and O–H groups in total. The number of hydrazine groups is 1. The van der Waals surface area contributed by atoms with Crippen LogP contribution in [-0.2, 0) is 0 Å². The van der Waals surface area contributed by atoms with E-state index >= 15 is 0 Å². The fraction of sp³-hybridized carbons (Fsp3) is 0.333. The van der Waals surface area contributed by atoms with Crippen LogP contribution >= 0.6 is 0 Å². The number of fused-ring (bicyclic) bond motifs is 1. The van der Waals surface area contributed by atoms with Crippen molar-refractivity contribution in [2.45, 2.75) is 0 Å². The van der Waals surface area contributed by atoms with Crippen LogP contribution in [0.1, 0.15) is 0 Å². The number of benzene rings is 1. The maximum atomic E-state index is 11.8. The monoisotopic (exact) mass is 355 g/mol. The van der Waals surface area contributed by atoms with Crippen LogP contribution in [0.2, 0.25) is 0 Å². The van der Waals surface area contributed by atoms with Gasteiger partial charge in [-0.05, 0) is 19.2 Å². The highest BCUT2D eigenvalue weighted by Crippen LogP contribution is 2.29. The van der Waals surface area contributed by atoms with Gasteiger partial charge in [-0.1, -0.05) is 17.3 Å².